The van der Waals surface area contributed by atoms with E-state index in [1.807, 2.05) is 31.2 Å². The summed E-state index contributed by atoms with van der Waals surface area (Å²) < 4.78 is 50.1. The van der Waals surface area contributed by atoms with Crippen LogP contribution in [0.2, 0.25) is 0 Å². The van der Waals surface area contributed by atoms with Crippen LogP contribution in [0.15, 0.2) is 54.9 Å². The van der Waals surface area contributed by atoms with Gasteiger partial charge in [-0.2, -0.15) is 13.2 Å². The summed E-state index contributed by atoms with van der Waals surface area (Å²) in [4.78, 5) is 28.0. The van der Waals surface area contributed by atoms with Crippen molar-refractivity contribution in [1.82, 2.24) is 19.9 Å². The molecular formula is C28H27F3N4O3. The topological polar surface area (TPSA) is 90.0 Å². The van der Waals surface area contributed by atoms with Crippen molar-refractivity contribution in [2.24, 2.45) is 5.92 Å². The Hall–Kier alpha value is -3.95. The average molecular weight is 525 g/mol. The number of nitrogens with zero attached hydrogens (tertiary/aromatic N) is 3. The SMILES string of the molecule is CCOC(=O)CC1CCC(Oc2ccc(-c3ccc(-c4nc5cc(C(F)(F)F)ccc5[nH]4)cn3)cn2)CC1. The minimum Gasteiger partial charge on any atom is -0.474 e. The van der Waals surface area contributed by atoms with E-state index >= 15 is 0 Å². The predicted octanol–water partition coefficient (Wildman–Crippen LogP) is 6.60. The molecule has 198 valence electrons. The van der Waals surface area contributed by atoms with Crippen LogP contribution in [-0.4, -0.2) is 38.6 Å². The molecule has 0 spiro atoms. The van der Waals surface area contributed by atoms with E-state index in [1.54, 1.807) is 12.4 Å². The van der Waals surface area contributed by atoms with Gasteiger partial charge in [0.1, 0.15) is 11.9 Å². The lowest BCUT2D eigenvalue weighted by molar-refractivity contribution is -0.144. The zero-order valence-electron chi connectivity index (χ0n) is 20.8. The van der Waals surface area contributed by atoms with Crippen LogP contribution >= 0.6 is 0 Å². The van der Waals surface area contributed by atoms with Crippen molar-refractivity contribution < 1.29 is 27.4 Å². The molecule has 1 aliphatic rings. The summed E-state index contributed by atoms with van der Waals surface area (Å²) in [7, 11) is 0. The molecule has 0 radical (unpaired) electrons. The van der Waals surface area contributed by atoms with Crippen LogP contribution in [0.5, 0.6) is 5.88 Å². The maximum Gasteiger partial charge on any atom is 0.416 e. The van der Waals surface area contributed by atoms with Gasteiger partial charge in [0, 0.05) is 36.0 Å². The number of esters is 1. The summed E-state index contributed by atoms with van der Waals surface area (Å²) in [6.45, 7) is 2.23. The highest BCUT2D eigenvalue weighted by molar-refractivity contribution is 5.80. The summed E-state index contributed by atoms with van der Waals surface area (Å²) >= 11 is 0. The number of pyridine rings is 2. The number of nitrogens with one attached hydrogen (secondary N) is 1. The number of carbonyl (C=O) groups is 1. The monoisotopic (exact) mass is 524 g/mol. The molecular weight excluding hydrogens is 497 g/mol. The molecule has 0 bridgehead atoms. The lowest BCUT2D eigenvalue weighted by Crippen LogP contribution is -2.26. The Labute approximate surface area is 217 Å². The Kier molecular flexibility index (Phi) is 7.31. The van der Waals surface area contributed by atoms with Crippen LogP contribution in [0.1, 0.15) is 44.6 Å². The second-order valence-corrected chi connectivity index (χ2v) is 9.40. The summed E-state index contributed by atoms with van der Waals surface area (Å²) in [5.41, 5.74) is 2.18. The Morgan fingerprint density at radius 1 is 1.00 bits per heavy atom. The largest absolute Gasteiger partial charge is 0.474 e. The average Bonchev–Trinajstić information content (AvgIpc) is 3.34. The van der Waals surface area contributed by atoms with Gasteiger partial charge in [0.05, 0.1) is 28.9 Å². The highest BCUT2D eigenvalue weighted by atomic mass is 19.4. The summed E-state index contributed by atoms with van der Waals surface area (Å²) in [5.74, 6) is 1.19. The van der Waals surface area contributed by atoms with Gasteiger partial charge < -0.3 is 14.5 Å². The standard InChI is InChI=1S/C28H27F3N4O3/c1-2-37-26(36)13-17-3-8-21(9-4-17)38-25-12-6-18(15-33-25)22-10-5-19(16-32-22)27-34-23-11-7-20(28(29,30)31)14-24(23)35-27/h5-7,10-12,14-17,21H,2-4,8-9,13H2,1H3,(H,34,35). The van der Waals surface area contributed by atoms with E-state index in [9.17, 15) is 18.0 Å². The molecule has 1 aromatic carbocycles. The smallest absolute Gasteiger partial charge is 0.416 e. The number of carbonyl (C=O) groups excluding carboxylic acids is 1. The fourth-order valence-electron chi connectivity index (χ4n) is 4.71. The van der Waals surface area contributed by atoms with Gasteiger partial charge in [0.2, 0.25) is 5.88 Å². The van der Waals surface area contributed by atoms with Gasteiger partial charge in [-0.15, -0.1) is 0 Å². The maximum absolute atomic E-state index is 13.0. The number of fused-ring (bicyclic) bond motifs is 1. The van der Waals surface area contributed by atoms with Gasteiger partial charge >= 0.3 is 12.1 Å². The van der Waals surface area contributed by atoms with Crippen LogP contribution in [0.4, 0.5) is 13.2 Å². The first-order valence-corrected chi connectivity index (χ1v) is 12.6. The second kappa shape index (κ2) is 10.8. The molecule has 4 aromatic rings. The summed E-state index contributed by atoms with van der Waals surface area (Å²) in [6.07, 6.45) is 3.02. The zero-order chi connectivity index (χ0) is 26.7. The molecule has 38 heavy (non-hydrogen) atoms. The minimum absolute atomic E-state index is 0.0697. The van der Waals surface area contributed by atoms with Crippen LogP contribution in [-0.2, 0) is 15.7 Å². The van der Waals surface area contributed by atoms with Gasteiger partial charge in [0.15, 0.2) is 0 Å². The maximum atomic E-state index is 13.0. The highest BCUT2D eigenvalue weighted by Gasteiger charge is 2.31. The molecule has 0 saturated heterocycles. The molecule has 0 unspecified atom stereocenters. The first-order chi connectivity index (χ1) is 18.3. The lowest BCUT2D eigenvalue weighted by atomic mass is 9.85. The number of imidazole rings is 1. The molecule has 1 fully saturated rings. The Bertz CT molecular complexity index is 1390. The molecule has 0 aliphatic heterocycles. The molecule has 0 atom stereocenters. The molecule has 1 N–H and O–H groups in total. The molecule has 1 aliphatic carbocycles. The van der Waals surface area contributed by atoms with Crippen molar-refractivity contribution in [3.8, 4) is 28.5 Å². The van der Waals surface area contributed by atoms with Crippen molar-refractivity contribution in [1.29, 1.82) is 0 Å². The summed E-state index contributed by atoms with van der Waals surface area (Å²) in [6, 6.07) is 10.8. The van der Waals surface area contributed by atoms with E-state index < -0.39 is 11.7 Å². The van der Waals surface area contributed by atoms with Crippen LogP contribution in [0.25, 0.3) is 33.7 Å². The van der Waals surface area contributed by atoms with Gasteiger partial charge in [0.25, 0.3) is 0 Å². The Balaban J connectivity index is 1.19. The number of hydrogen-bond acceptors (Lipinski definition) is 6. The third-order valence-corrected chi connectivity index (χ3v) is 6.72. The molecule has 3 heterocycles. The third kappa shape index (κ3) is 5.95. The van der Waals surface area contributed by atoms with Gasteiger partial charge in [-0.25, -0.2) is 9.97 Å². The van der Waals surface area contributed by atoms with E-state index in [2.05, 4.69) is 19.9 Å². The number of benzene rings is 1. The Morgan fingerprint density at radius 3 is 2.42 bits per heavy atom. The molecule has 10 heteroatoms. The highest BCUT2D eigenvalue weighted by Crippen LogP contribution is 2.32. The lowest BCUT2D eigenvalue weighted by Gasteiger charge is -2.28. The van der Waals surface area contributed by atoms with Gasteiger partial charge in [-0.05, 0) is 74.9 Å². The van der Waals surface area contributed by atoms with Gasteiger partial charge in [-0.1, -0.05) is 0 Å². The number of halogens is 3. The molecule has 7 nitrogen and oxygen atoms in total. The molecule has 1 saturated carbocycles. The van der Waals surface area contributed by atoms with E-state index in [0.29, 0.717) is 47.4 Å². The van der Waals surface area contributed by atoms with E-state index in [0.717, 1.165) is 43.4 Å². The van der Waals surface area contributed by atoms with Crippen molar-refractivity contribution in [2.45, 2.75) is 51.3 Å². The second-order valence-electron chi connectivity index (χ2n) is 9.40. The number of alkyl halides is 3. The van der Waals surface area contributed by atoms with Crippen LogP contribution < -0.4 is 4.74 Å². The molecule has 0 amide bonds. The molecule has 3 aromatic heterocycles. The number of hydrogen-bond donors (Lipinski definition) is 1. The van der Waals surface area contributed by atoms with E-state index in [-0.39, 0.29) is 17.6 Å². The first kappa shape index (κ1) is 25.7. The Morgan fingerprint density at radius 2 is 1.76 bits per heavy atom. The fourth-order valence-corrected chi connectivity index (χ4v) is 4.71. The number of rotatable bonds is 7. The normalized spacial score (nSPS) is 17.9. The number of aromatic nitrogens is 4. The van der Waals surface area contributed by atoms with Crippen molar-refractivity contribution in [3.05, 3.63) is 60.4 Å². The quantitative estimate of drug-likeness (QED) is 0.274. The van der Waals surface area contributed by atoms with E-state index in [4.69, 9.17) is 9.47 Å². The van der Waals surface area contributed by atoms with Crippen molar-refractivity contribution in [2.75, 3.05) is 6.61 Å². The molecule has 5 rings (SSSR count). The van der Waals surface area contributed by atoms with Gasteiger partial charge in [-0.3, -0.25) is 9.78 Å². The number of H-pyrrole nitrogens is 1. The zero-order valence-corrected chi connectivity index (χ0v) is 20.8. The third-order valence-electron chi connectivity index (χ3n) is 6.72. The predicted molar refractivity (Wildman–Crippen MR) is 135 cm³/mol. The van der Waals surface area contributed by atoms with Crippen molar-refractivity contribution in [3.63, 3.8) is 0 Å². The minimum atomic E-state index is -4.42. The number of aromatic amines is 1. The van der Waals surface area contributed by atoms with Crippen LogP contribution in [0, 0.1) is 5.92 Å². The van der Waals surface area contributed by atoms with E-state index in [1.165, 1.54) is 6.07 Å². The first-order valence-electron chi connectivity index (χ1n) is 12.6. The number of ether oxygens (including phenoxy) is 2. The van der Waals surface area contributed by atoms with Crippen molar-refractivity contribution >= 4 is 17.0 Å². The summed E-state index contributed by atoms with van der Waals surface area (Å²) in [5, 5.41) is 0. The van der Waals surface area contributed by atoms with Crippen LogP contribution in [0.3, 0.4) is 0 Å². The fraction of sp³-hybridized carbons (Fsp3) is 0.357.